The monoisotopic (exact) mass is 338 g/mol. The van der Waals surface area contributed by atoms with Crippen molar-refractivity contribution in [3.8, 4) is 17.2 Å². The van der Waals surface area contributed by atoms with Gasteiger partial charge < -0.3 is 14.9 Å². The summed E-state index contributed by atoms with van der Waals surface area (Å²) >= 11 is 0. The number of phenolic OH excluding ortho intramolecular Hbond substituents is 2. The van der Waals surface area contributed by atoms with Crippen molar-refractivity contribution in [2.45, 2.75) is 13.8 Å². The van der Waals surface area contributed by atoms with Crippen LogP contribution >= 0.6 is 0 Å². The molecule has 0 radical (unpaired) electrons. The number of hydrogen-bond donors (Lipinski definition) is 2. The highest BCUT2D eigenvalue weighted by atomic mass is 16.5. The van der Waals surface area contributed by atoms with Gasteiger partial charge in [-0.3, -0.25) is 14.4 Å². The molecule has 3 aromatic rings. The zero-order chi connectivity index (χ0) is 18.3. The SMILES string of the molecule is CC(=O)c1cccc2c(O)c3cc(OC=O)cc(C(C)=O)c3c(O)c12. The Hall–Kier alpha value is -3.41. The maximum atomic E-state index is 12.0. The van der Waals surface area contributed by atoms with E-state index in [9.17, 15) is 24.6 Å². The smallest absolute Gasteiger partial charge is 0.298 e. The largest absolute Gasteiger partial charge is 0.507 e. The number of ether oxygens (including phenoxy) is 1. The van der Waals surface area contributed by atoms with Crippen LogP contribution in [0.25, 0.3) is 21.5 Å². The van der Waals surface area contributed by atoms with Crippen molar-refractivity contribution in [1.29, 1.82) is 0 Å². The Morgan fingerprint density at radius 1 is 0.920 bits per heavy atom. The van der Waals surface area contributed by atoms with Crippen LogP contribution in [0.1, 0.15) is 34.6 Å². The van der Waals surface area contributed by atoms with E-state index in [1.54, 1.807) is 12.1 Å². The standard InChI is InChI=1S/C19H14O6/c1-9(21)12-4-3-5-13-16(12)19(24)17-14(10(2)22)6-11(25-8-20)7-15(17)18(13)23/h3-8,23-24H,1-2H3. The quantitative estimate of drug-likeness (QED) is 0.327. The van der Waals surface area contributed by atoms with Gasteiger partial charge in [-0.2, -0.15) is 0 Å². The van der Waals surface area contributed by atoms with Crippen LogP contribution in [-0.2, 0) is 4.79 Å². The number of carbonyl (C=O) groups excluding carboxylic acids is 3. The van der Waals surface area contributed by atoms with Crippen molar-refractivity contribution in [2.75, 3.05) is 0 Å². The van der Waals surface area contributed by atoms with Gasteiger partial charge in [-0.05, 0) is 26.0 Å². The van der Waals surface area contributed by atoms with Gasteiger partial charge >= 0.3 is 0 Å². The van der Waals surface area contributed by atoms with E-state index in [0.717, 1.165) is 0 Å². The number of fused-ring (bicyclic) bond motifs is 2. The molecule has 0 fully saturated rings. The van der Waals surface area contributed by atoms with Gasteiger partial charge in [0, 0.05) is 32.7 Å². The molecule has 0 aliphatic heterocycles. The minimum Gasteiger partial charge on any atom is -0.507 e. The molecule has 3 aromatic carbocycles. The summed E-state index contributed by atoms with van der Waals surface area (Å²) in [7, 11) is 0. The number of phenols is 2. The molecule has 0 aliphatic carbocycles. The molecule has 0 atom stereocenters. The Labute approximate surface area is 142 Å². The average Bonchev–Trinajstić information content (AvgIpc) is 2.58. The topological polar surface area (TPSA) is 101 Å². The Morgan fingerprint density at radius 3 is 2.16 bits per heavy atom. The molecule has 0 spiro atoms. The van der Waals surface area contributed by atoms with Crippen LogP contribution in [0.3, 0.4) is 0 Å². The first-order valence-electron chi connectivity index (χ1n) is 7.43. The summed E-state index contributed by atoms with van der Waals surface area (Å²) in [4.78, 5) is 34.5. The molecular weight excluding hydrogens is 324 g/mol. The van der Waals surface area contributed by atoms with Crippen LogP contribution in [0.4, 0.5) is 0 Å². The molecule has 0 unspecified atom stereocenters. The number of carbonyl (C=O) groups is 3. The third-order valence-electron chi connectivity index (χ3n) is 4.10. The van der Waals surface area contributed by atoms with Crippen LogP contribution in [0.5, 0.6) is 17.2 Å². The molecule has 6 heteroatoms. The van der Waals surface area contributed by atoms with Gasteiger partial charge in [0.1, 0.15) is 17.2 Å². The zero-order valence-electron chi connectivity index (χ0n) is 13.5. The molecule has 3 rings (SSSR count). The van der Waals surface area contributed by atoms with Gasteiger partial charge in [-0.1, -0.05) is 18.2 Å². The summed E-state index contributed by atoms with van der Waals surface area (Å²) < 4.78 is 4.79. The van der Waals surface area contributed by atoms with Crippen molar-refractivity contribution >= 4 is 39.6 Å². The first-order valence-corrected chi connectivity index (χ1v) is 7.43. The normalized spacial score (nSPS) is 10.8. The fourth-order valence-electron chi connectivity index (χ4n) is 3.03. The maximum Gasteiger partial charge on any atom is 0.298 e. The lowest BCUT2D eigenvalue weighted by molar-refractivity contribution is -0.120. The molecule has 0 saturated heterocycles. The van der Waals surface area contributed by atoms with E-state index in [1.807, 2.05) is 0 Å². The summed E-state index contributed by atoms with van der Waals surface area (Å²) in [5, 5.41) is 22.1. The van der Waals surface area contributed by atoms with Crippen LogP contribution in [0, 0.1) is 0 Å². The lowest BCUT2D eigenvalue weighted by atomic mass is 9.92. The highest BCUT2D eigenvalue weighted by Crippen LogP contribution is 2.45. The van der Waals surface area contributed by atoms with Crippen molar-refractivity contribution < 1.29 is 29.3 Å². The van der Waals surface area contributed by atoms with Crippen molar-refractivity contribution in [3.05, 3.63) is 41.5 Å². The maximum absolute atomic E-state index is 12.0. The minimum absolute atomic E-state index is 0.0597. The first kappa shape index (κ1) is 16.4. The van der Waals surface area contributed by atoms with Gasteiger partial charge in [-0.15, -0.1) is 0 Å². The fraction of sp³-hybridized carbons (Fsp3) is 0.105. The molecule has 2 N–H and O–H groups in total. The highest BCUT2D eigenvalue weighted by Gasteiger charge is 2.22. The predicted octanol–water partition coefficient (Wildman–Crippen LogP) is 3.34. The van der Waals surface area contributed by atoms with E-state index in [1.165, 1.54) is 32.0 Å². The summed E-state index contributed by atoms with van der Waals surface area (Å²) in [6.07, 6.45) is 0. The summed E-state index contributed by atoms with van der Waals surface area (Å²) in [6, 6.07) is 7.33. The Kier molecular flexibility index (Phi) is 3.88. The average molecular weight is 338 g/mol. The minimum atomic E-state index is -0.393. The number of rotatable bonds is 4. The number of benzene rings is 3. The number of hydrogen-bond acceptors (Lipinski definition) is 6. The summed E-state index contributed by atoms with van der Waals surface area (Å²) in [5.74, 6) is -1.12. The molecule has 126 valence electrons. The van der Waals surface area contributed by atoms with Crippen molar-refractivity contribution in [2.24, 2.45) is 0 Å². The molecule has 0 aromatic heterocycles. The van der Waals surface area contributed by atoms with Crippen molar-refractivity contribution in [3.63, 3.8) is 0 Å². The van der Waals surface area contributed by atoms with Gasteiger partial charge in [0.2, 0.25) is 0 Å². The third-order valence-corrected chi connectivity index (χ3v) is 4.10. The molecule has 25 heavy (non-hydrogen) atoms. The number of ketones is 2. The summed E-state index contributed by atoms with van der Waals surface area (Å²) in [5.41, 5.74) is 0.303. The van der Waals surface area contributed by atoms with Gasteiger partial charge in [-0.25, -0.2) is 0 Å². The lowest BCUT2D eigenvalue weighted by Crippen LogP contribution is -2.00. The molecule has 0 saturated carbocycles. The second kappa shape index (κ2) is 5.90. The van der Waals surface area contributed by atoms with E-state index in [-0.39, 0.29) is 62.2 Å². The van der Waals surface area contributed by atoms with E-state index in [2.05, 4.69) is 0 Å². The van der Waals surface area contributed by atoms with Crippen LogP contribution in [0.15, 0.2) is 30.3 Å². The summed E-state index contributed by atoms with van der Waals surface area (Å²) in [6.45, 7) is 2.84. The van der Waals surface area contributed by atoms with E-state index >= 15 is 0 Å². The predicted molar refractivity (Wildman–Crippen MR) is 91.5 cm³/mol. The lowest BCUT2D eigenvalue weighted by Gasteiger charge is -2.15. The van der Waals surface area contributed by atoms with E-state index in [4.69, 9.17) is 4.74 Å². The molecular formula is C19H14O6. The van der Waals surface area contributed by atoms with Crippen LogP contribution in [0.2, 0.25) is 0 Å². The first-order chi connectivity index (χ1) is 11.9. The number of Topliss-reactive ketones (excluding diaryl/α,β-unsaturated/α-hetero) is 2. The molecule has 0 heterocycles. The fourth-order valence-corrected chi connectivity index (χ4v) is 3.03. The second-order valence-corrected chi connectivity index (χ2v) is 5.65. The Balaban J connectivity index is 2.61. The van der Waals surface area contributed by atoms with Gasteiger partial charge in [0.05, 0.1) is 0 Å². The molecule has 0 bridgehead atoms. The van der Waals surface area contributed by atoms with Gasteiger partial charge in [0.25, 0.3) is 6.47 Å². The van der Waals surface area contributed by atoms with Crippen molar-refractivity contribution in [1.82, 2.24) is 0 Å². The van der Waals surface area contributed by atoms with Gasteiger partial charge in [0.15, 0.2) is 11.6 Å². The zero-order valence-corrected chi connectivity index (χ0v) is 13.5. The highest BCUT2D eigenvalue weighted by molar-refractivity contribution is 6.22. The van der Waals surface area contributed by atoms with Crippen LogP contribution < -0.4 is 4.74 Å². The van der Waals surface area contributed by atoms with Crippen LogP contribution in [-0.4, -0.2) is 28.3 Å². The third kappa shape index (κ3) is 2.48. The van der Waals surface area contributed by atoms with E-state index in [0.29, 0.717) is 0 Å². The Bertz CT molecular complexity index is 1060. The molecule has 0 aliphatic rings. The second-order valence-electron chi connectivity index (χ2n) is 5.65. The van der Waals surface area contributed by atoms with E-state index < -0.39 is 5.78 Å². The Morgan fingerprint density at radius 2 is 1.56 bits per heavy atom. The molecule has 6 nitrogen and oxygen atoms in total. The number of aromatic hydroxyl groups is 2. The molecule has 0 amide bonds.